The van der Waals surface area contributed by atoms with Crippen LogP contribution in [-0.4, -0.2) is 25.7 Å². The maximum Gasteiger partial charge on any atom is 0.248 e. The van der Waals surface area contributed by atoms with Crippen LogP contribution in [0, 0.1) is 6.92 Å². The van der Waals surface area contributed by atoms with Gasteiger partial charge < -0.3 is 9.73 Å². The number of benzene rings is 2. The SMILES string of the molecule is Cc1nnc2sc(-c3ccccc3NC(=O)/C=C/c3ccc(-c4cccc(Cl)c4Cl)o3)nn12. The lowest BCUT2D eigenvalue weighted by molar-refractivity contribution is -0.111. The van der Waals surface area contributed by atoms with Crippen molar-refractivity contribution >= 4 is 57.2 Å². The van der Waals surface area contributed by atoms with E-state index < -0.39 is 0 Å². The fourth-order valence-electron chi connectivity index (χ4n) is 3.22. The summed E-state index contributed by atoms with van der Waals surface area (Å²) in [7, 11) is 0. The number of nitrogens with zero attached hydrogens (tertiary/aromatic N) is 4. The van der Waals surface area contributed by atoms with Crippen LogP contribution in [-0.2, 0) is 4.79 Å². The van der Waals surface area contributed by atoms with Gasteiger partial charge in [-0.3, -0.25) is 4.79 Å². The average Bonchev–Trinajstić information content (AvgIpc) is 3.53. The van der Waals surface area contributed by atoms with Crippen molar-refractivity contribution in [2.75, 3.05) is 5.32 Å². The number of aromatic nitrogens is 4. The molecule has 10 heteroatoms. The van der Waals surface area contributed by atoms with Crippen molar-refractivity contribution in [2.24, 2.45) is 0 Å². The zero-order valence-corrected chi connectivity index (χ0v) is 19.4. The number of hydrogen-bond acceptors (Lipinski definition) is 6. The lowest BCUT2D eigenvalue weighted by Gasteiger charge is -2.07. The molecule has 5 aromatic rings. The summed E-state index contributed by atoms with van der Waals surface area (Å²) in [6.45, 7) is 1.84. The Morgan fingerprint density at radius 2 is 1.88 bits per heavy atom. The number of para-hydroxylation sites is 1. The lowest BCUT2D eigenvalue weighted by atomic mass is 10.2. The van der Waals surface area contributed by atoms with E-state index in [0.717, 1.165) is 10.6 Å². The first-order chi connectivity index (χ1) is 16.0. The lowest BCUT2D eigenvalue weighted by Crippen LogP contribution is -2.08. The molecule has 0 bridgehead atoms. The Bertz CT molecular complexity index is 1520. The third kappa shape index (κ3) is 4.28. The second-order valence-corrected chi connectivity index (χ2v) is 8.76. The fraction of sp³-hybridized carbons (Fsp3) is 0.0435. The van der Waals surface area contributed by atoms with Gasteiger partial charge in [-0.1, -0.05) is 52.7 Å². The Labute approximate surface area is 202 Å². The van der Waals surface area contributed by atoms with Crippen molar-refractivity contribution in [3.63, 3.8) is 0 Å². The van der Waals surface area contributed by atoms with Gasteiger partial charge in [0, 0.05) is 17.2 Å². The normalized spacial score (nSPS) is 11.5. The molecule has 7 nitrogen and oxygen atoms in total. The molecule has 0 aliphatic carbocycles. The quantitative estimate of drug-likeness (QED) is 0.286. The highest BCUT2D eigenvalue weighted by Crippen LogP contribution is 2.35. The van der Waals surface area contributed by atoms with E-state index in [0.29, 0.717) is 43.6 Å². The van der Waals surface area contributed by atoms with E-state index in [1.54, 1.807) is 34.9 Å². The van der Waals surface area contributed by atoms with Gasteiger partial charge in [-0.15, -0.1) is 10.2 Å². The van der Waals surface area contributed by atoms with Crippen molar-refractivity contribution in [1.29, 1.82) is 0 Å². The monoisotopic (exact) mass is 495 g/mol. The molecule has 33 heavy (non-hydrogen) atoms. The zero-order valence-electron chi connectivity index (χ0n) is 17.1. The summed E-state index contributed by atoms with van der Waals surface area (Å²) < 4.78 is 7.48. The van der Waals surface area contributed by atoms with Crippen LogP contribution >= 0.6 is 34.5 Å². The maximum atomic E-state index is 12.6. The highest BCUT2D eigenvalue weighted by atomic mass is 35.5. The van der Waals surface area contributed by atoms with Crippen LogP contribution in [0.25, 0.3) is 32.9 Å². The summed E-state index contributed by atoms with van der Waals surface area (Å²) in [6.07, 6.45) is 2.99. The van der Waals surface area contributed by atoms with Crippen LogP contribution < -0.4 is 5.32 Å². The Morgan fingerprint density at radius 1 is 1.06 bits per heavy atom. The highest BCUT2D eigenvalue weighted by Gasteiger charge is 2.14. The van der Waals surface area contributed by atoms with E-state index in [1.807, 2.05) is 37.3 Å². The van der Waals surface area contributed by atoms with Crippen molar-refractivity contribution < 1.29 is 9.21 Å². The molecule has 1 amide bonds. The van der Waals surface area contributed by atoms with Crippen molar-refractivity contribution in [1.82, 2.24) is 19.8 Å². The summed E-state index contributed by atoms with van der Waals surface area (Å²) in [6, 6.07) is 16.3. The number of amides is 1. The number of hydrogen-bond donors (Lipinski definition) is 1. The van der Waals surface area contributed by atoms with Gasteiger partial charge in [0.15, 0.2) is 5.82 Å². The summed E-state index contributed by atoms with van der Waals surface area (Å²) in [5.74, 6) is 1.47. The number of halogens is 2. The van der Waals surface area contributed by atoms with Crippen molar-refractivity contribution in [2.45, 2.75) is 6.92 Å². The Hall–Kier alpha value is -3.46. The summed E-state index contributed by atoms with van der Waals surface area (Å²) in [4.78, 5) is 13.3. The van der Waals surface area contributed by atoms with E-state index in [4.69, 9.17) is 27.6 Å². The Morgan fingerprint density at radius 3 is 2.73 bits per heavy atom. The number of fused-ring (bicyclic) bond motifs is 1. The molecule has 164 valence electrons. The Balaban J connectivity index is 1.34. The molecule has 0 saturated carbocycles. The molecule has 0 aliphatic rings. The molecule has 2 aromatic carbocycles. The zero-order chi connectivity index (χ0) is 22.9. The number of anilines is 1. The smallest absolute Gasteiger partial charge is 0.248 e. The average molecular weight is 496 g/mol. The molecule has 3 aromatic heterocycles. The van der Waals surface area contributed by atoms with Gasteiger partial charge in [0.05, 0.1) is 15.7 Å². The number of furan rings is 1. The van der Waals surface area contributed by atoms with Crippen LogP contribution in [0.4, 0.5) is 5.69 Å². The van der Waals surface area contributed by atoms with Gasteiger partial charge in [-0.2, -0.15) is 9.61 Å². The molecule has 0 radical (unpaired) electrons. The molecule has 0 aliphatic heterocycles. The number of carbonyl (C=O) groups is 1. The van der Waals surface area contributed by atoms with Crippen LogP contribution in [0.2, 0.25) is 10.0 Å². The van der Waals surface area contributed by atoms with Crippen LogP contribution in [0.3, 0.4) is 0 Å². The first kappa shape index (κ1) is 21.4. The number of nitrogens with one attached hydrogen (secondary N) is 1. The van der Waals surface area contributed by atoms with E-state index >= 15 is 0 Å². The molecule has 1 N–H and O–H groups in total. The third-order valence-electron chi connectivity index (χ3n) is 4.80. The maximum absolute atomic E-state index is 12.6. The number of rotatable bonds is 5. The molecule has 0 atom stereocenters. The summed E-state index contributed by atoms with van der Waals surface area (Å²) >= 11 is 13.7. The van der Waals surface area contributed by atoms with Gasteiger partial charge in [-0.25, -0.2) is 0 Å². The Kier molecular flexibility index (Phi) is 5.72. The highest BCUT2D eigenvalue weighted by molar-refractivity contribution is 7.19. The standard InChI is InChI=1S/C23H15Cl2N5O2S/c1-13-27-28-23-30(13)29-22(33-23)15-5-2-3-8-18(15)26-20(31)12-10-14-9-11-19(32-14)16-6-4-7-17(24)21(16)25/h2-12H,1H3,(H,26,31)/b12-10+. The molecular weight excluding hydrogens is 481 g/mol. The minimum Gasteiger partial charge on any atom is -0.457 e. The van der Waals surface area contributed by atoms with Crippen LogP contribution in [0.5, 0.6) is 0 Å². The van der Waals surface area contributed by atoms with Gasteiger partial charge in [-0.05, 0) is 49.4 Å². The summed E-state index contributed by atoms with van der Waals surface area (Å²) in [5.41, 5.74) is 2.12. The predicted molar refractivity (Wildman–Crippen MR) is 131 cm³/mol. The minimum absolute atomic E-state index is 0.305. The predicted octanol–water partition coefficient (Wildman–Crippen LogP) is 6.38. The van der Waals surface area contributed by atoms with Crippen LogP contribution in [0.1, 0.15) is 11.6 Å². The van der Waals surface area contributed by atoms with Crippen molar-refractivity contribution in [3.05, 3.63) is 82.3 Å². The molecule has 5 rings (SSSR count). The first-order valence-electron chi connectivity index (χ1n) is 9.81. The van der Waals surface area contributed by atoms with E-state index in [1.165, 1.54) is 17.4 Å². The molecule has 0 fully saturated rings. The fourth-order valence-corrected chi connectivity index (χ4v) is 4.53. The van der Waals surface area contributed by atoms with E-state index in [9.17, 15) is 4.79 Å². The van der Waals surface area contributed by atoms with Crippen molar-refractivity contribution in [3.8, 4) is 21.9 Å². The van der Waals surface area contributed by atoms with Gasteiger partial charge in [0.2, 0.25) is 10.9 Å². The molecular formula is C23H15Cl2N5O2S. The van der Waals surface area contributed by atoms with Gasteiger partial charge >= 0.3 is 0 Å². The molecule has 0 spiro atoms. The van der Waals surface area contributed by atoms with E-state index in [-0.39, 0.29) is 5.91 Å². The van der Waals surface area contributed by atoms with Gasteiger partial charge in [0.25, 0.3) is 0 Å². The molecule has 3 heterocycles. The first-order valence-corrected chi connectivity index (χ1v) is 11.4. The minimum atomic E-state index is -0.305. The third-order valence-corrected chi connectivity index (χ3v) is 6.56. The molecule has 0 saturated heterocycles. The topological polar surface area (TPSA) is 85.3 Å². The summed E-state index contributed by atoms with van der Waals surface area (Å²) in [5, 5.41) is 17.1. The van der Waals surface area contributed by atoms with E-state index in [2.05, 4.69) is 20.6 Å². The molecule has 0 unspecified atom stereocenters. The second kappa shape index (κ2) is 8.82. The number of carbonyl (C=O) groups excluding carboxylic acids is 1. The van der Waals surface area contributed by atoms with Crippen LogP contribution in [0.15, 0.2) is 65.1 Å². The van der Waals surface area contributed by atoms with Gasteiger partial charge in [0.1, 0.15) is 16.5 Å². The number of aryl methyl sites for hydroxylation is 1. The second-order valence-electron chi connectivity index (χ2n) is 7.02. The largest absolute Gasteiger partial charge is 0.457 e.